The van der Waals surface area contributed by atoms with Crippen LogP contribution in [0.4, 0.5) is 18.9 Å². The Morgan fingerprint density at radius 1 is 1.42 bits per heavy atom. The van der Waals surface area contributed by atoms with Crippen LogP contribution in [0.15, 0.2) is 18.2 Å². The van der Waals surface area contributed by atoms with Crippen LogP contribution < -0.4 is 5.32 Å². The highest BCUT2D eigenvalue weighted by Crippen LogP contribution is 2.36. The Balaban J connectivity index is 2.66. The number of methoxy groups -OCH3 is 1. The molecule has 0 aromatic heterocycles. The molecule has 1 N–H and O–H groups in total. The average Bonchev–Trinajstić information content (AvgIpc) is 2.34. The van der Waals surface area contributed by atoms with Crippen molar-refractivity contribution in [1.29, 1.82) is 0 Å². The minimum Gasteiger partial charge on any atom is -0.469 e. The molecule has 0 saturated heterocycles. The summed E-state index contributed by atoms with van der Waals surface area (Å²) in [5, 5.41) is 2.66. The van der Waals surface area contributed by atoms with Crippen molar-refractivity contribution in [2.24, 2.45) is 0 Å². The monoisotopic (exact) mass is 295 g/mol. The summed E-state index contributed by atoms with van der Waals surface area (Å²) in [4.78, 5) is 10.8. The summed E-state index contributed by atoms with van der Waals surface area (Å²) in [6, 6.07) is 3.51. The van der Waals surface area contributed by atoms with Crippen LogP contribution in [-0.2, 0) is 15.7 Å². The van der Waals surface area contributed by atoms with Crippen molar-refractivity contribution in [1.82, 2.24) is 0 Å². The molecule has 0 aliphatic carbocycles. The molecule has 0 radical (unpaired) electrons. The van der Waals surface area contributed by atoms with E-state index < -0.39 is 17.7 Å². The van der Waals surface area contributed by atoms with Gasteiger partial charge in [0.2, 0.25) is 0 Å². The Morgan fingerprint density at radius 2 is 2.11 bits per heavy atom. The van der Waals surface area contributed by atoms with E-state index in [4.69, 9.17) is 11.6 Å². The van der Waals surface area contributed by atoms with E-state index >= 15 is 0 Å². The first kappa shape index (κ1) is 15.6. The molecule has 0 spiro atoms. The number of hydrogen-bond donors (Lipinski definition) is 1. The van der Waals surface area contributed by atoms with Crippen LogP contribution in [0.25, 0.3) is 0 Å². The Labute approximate surface area is 113 Å². The number of benzene rings is 1. The standard InChI is InChI=1S/C12H13ClF3NO2/c1-19-11(18)3-2-6-17-10-5-4-8(13)7-9(10)12(14,15)16/h4-5,7,17H,2-3,6H2,1H3. The highest BCUT2D eigenvalue weighted by molar-refractivity contribution is 6.30. The molecular formula is C12H13ClF3NO2. The maximum atomic E-state index is 12.7. The summed E-state index contributed by atoms with van der Waals surface area (Å²) < 4.78 is 42.7. The van der Waals surface area contributed by atoms with Gasteiger partial charge in [0.05, 0.1) is 12.7 Å². The van der Waals surface area contributed by atoms with Crippen molar-refractivity contribution in [2.45, 2.75) is 19.0 Å². The highest BCUT2D eigenvalue weighted by Gasteiger charge is 2.33. The number of halogens is 4. The lowest BCUT2D eigenvalue weighted by Gasteiger charge is -2.14. The summed E-state index contributed by atoms with van der Waals surface area (Å²) in [7, 11) is 1.26. The van der Waals surface area contributed by atoms with Crippen LogP contribution in [0.3, 0.4) is 0 Å². The van der Waals surface area contributed by atoms with Crippen LogP contribution >= 0.6 is 11.6 Å². The molecule has 0 bridgehead atoms. The first-order valence-corrected chi connectivity index (χ1v) is 5.90. The maximum absolute atomic E-state index is 12.7. The molecule has 0 amide bonds. The van der Waals surface area contributed by atoms with Crippen molar-refractivity contribution in [3.05, 3.63) is 28.8 Å². The second-order valence-corrected chi connectivity index (χ2v) is 4.23. The van der Waals surface area contributed by atoms with Gasteiger partial charge in [0, 0.05) is 23.7 Å². The zero-order valence-corrected chi connectivity index (χ0v) is 10.9. The lowest BCUT2D eigenvalue weighted by Crippen LogP contribution is -2.12. The van der Waals surface area contributed by atoms with Crippen molar-refractivity contribution in [2.75, 3.05) is 19.0 Å². The third kappa shape index (κ3) is 4.98. The molecule has 0 unspecified atom stereocenters. The van der Waals surface area contributed by atoms with Gasteiger partial charge in [-0.05, 0) is 24.6 Å². The van der Waals surface area contributed by atoms with Gasteiger partial charge in [-0.3, -0.25) is 4.79 Å². The fraction of sp³-hybridized carbons (Fsp3) is 0.417. The Hall–Kier alpha value is -1.43. The van der Waals surface area contributed by atoms with Crippen molar-refractivity contribution < 1.29 is 22.7 Å². The van der Waals surface area contributed by atoms with Crippen LogP contribution in [0.2, 0.25) is 5.02 Å². The zero-order chi connectivity index (χ0) is 14.5. The molecule has 0 saturated carbocycles. The van der Waals surface area contributed by atoms with Crippen LogP contribution in [0.1, 0.15) is 18.4 Å². The van der Waals surface area contributed by atoms with Crippen LogP contribution in [-0.4, -0.2) is 19.6 Å². The summed E-state index contributed by atoms with van der Waals surface area (Å²) in [6.45, 7) is 0.236. The molecule has 0 aliphatic rings. The van der Waals surface area contributed by atoms with Gasteiger partial charge in [0.1, 0.15) is 0 Å². The van der Waals surface area contributed by atoms with E-state index in [9.17, 15) is 18.0 Å². The van der Waals surface area contributed by atoms with E-state index in [0.29, 0.717) is 6.42 Å². The van der Waals surface area contributed by atoms with Crippen molar-refractivity contribution in [3.8, 4) is 0 Å². The minimum absolute atomic E-state index is 0.0208. The topological polar surface area (TPSA) is 38.3 Å². The zero-order valence-electron chi connectivity index (χ0n) is 10.2. The quantitative estimate of drug-likeness (QED) is 0.664. The van der Waals surface area contributed by atoms with Gasteiger partial charge in [-0.15, -0.1) is 0 Å². The third-order valence-corrected chi connectivity index (χ3v) is 2.62. The molecular weight excluding hydrogens is 283 g/mol. The Morgan fingerprint density at radius 3 is 2.68 bits per heavy atom. The largest absolute Gasteiger partial charge is 0.469 e. The number of nitrogens with one attached hydrogen (secondary N) is 1. The predicted octanol–water partition coefficient (Wildman–Crippen LogP) is 3.72. The van der Waals surface area contributed by atoms with Gasteiger partial charge >= 0.3 is 12.1 Å². The number of hydrogen-bond acceptors (Lipinski definition) is 3. The van der Waals surface area contributed by atoms with E-state index in [1.807, 2.05) is 0 Å². The second-order valence-electron chi connectivity index (χ2n) is 3.79. The van der Waals surface area contributed by atoms with Crippen LogP contribution in [0, 0.1) is 0 Å². The van der Waals surface area contributed by atoms with Gasteiger partial charge in [-0.2, -0.15) is 13.2 Å². The number of esters is 1. The lowest BCUT2D eigenvalue weighted by molar-refractivity contribution is -0.140. The van der Waals surface area contributed by atoms with E-state index in [1.165, 1.54) is 19.2 Å². The van der Waals surface area contributed by atoms with Crippen molar-refractivity contribution >= 4 is 23.3 Å². The molecule has 1 aromatic rings. The van der Waals surface area contributed by atoms with Gasteiger partial charge in [0.15, 0.2) is 0 Å². The lowest BCUT2D eigenvalue weighted by atomic mass is 10.1. The number of carbonyl (C=O) groups excluding carboxylic acids is 1. The normalized spacial score (nSPS) is 11.2. The average molecular weight is 296 g/mol. The molecule has 3 nitrogen and oxygen atoms in total. The molecule has 0 atom stereocenters. The van der Waals surface area contributed by atoms with Gasteiger partial charge in [0.25, 0.3) is 0 Å². The van der Waals surface area contributed by atoms with Crippen molar-refractivity contribution in [3.63, 3.8) is 0 Å². The number of ether oxygens (including phenoxy) is 1. The molecule has 1 aromatic carbocycles. The number of alkyl halides is 3. The third-order valence-electron chi connectivity index (χ3n) is 2.39. The van der Waals surface area contributed by atoms with E-state index in [0.717, 1.165) is 6.07 Å². The van der Waals surface area contributed by atoms with Gasteiger partial charge < -0.3 is 10.1 Å². The summed E-state index contributed by atoms with van der Waals surface area (Å²) >= 11 is 5.56. The molecule has 0 fully saturated rings. The van der Waals surface area contributed by atoms with Crippen LogP contribution in [0.5, 0.6) is 0 Å². The second kappa shape index (κ2) is 6.65. The molecule has 1 rings (SSSR count). The molecule has 19 heavy (non-hydrogen) atoms. The number of carbonyl (C=O) groups is 1. The summed E-state index contributed by atoms with van der Waals surface area (Å²) in [5.41, 5.74) is -0.875. The van der Waals surface area contributed by atoms with E-state index in [-0.39, 0.29) is 23.7 Å². The highest BCUT2D eigenvalue weighted by atomic mass is 35.5. The first-order valence-electron chi connectivity index (χ1n) is 5.52. The predicted molar refractivity (Wildman–Crippen MR) is 66.2 cm³/mol. The Bertz CT molecular complexity index is 449. The molecule has 0 aliphatic heterocycles. The Kier molecular flexibility index (Phi) is 5.47. The van der Waals surface area contributed by atoms with E-state index in [1.54, 1.807) is 0 Å². The van der Waals surface area contributed by atoms with Gasteiger partial charge in [-0.25, -0.2) is 0 Å². The fourth-order valence-corrected chi connectivity index (χ4v) is 1.64. The molecule has 7 heteroatoms. The number of rotatable bonds is 5. The maximum Gasteiger partial charge on any atom is 0.418 e. The molecule has 0 heterocycles. The summed E-state index contributed by atoms with van der Waals surface area (Å²) in [5.74, 6) is -0.394. The fourth-order valence-electron chi connectivity index (χ4n) is 1.46. The molecule has 106 valence electrons. The van der Waals surface area contributed by atoms with E-state index in [2.05, 4.69) is 10.1 Å². The minimum atomic E-state index is -4.48. The first-order chi connectivity index (χ1) is 8.84. The van der Waals surface area contributed by atoms with Gasteiger partial charge in [-0.1, -0.05) is 11.6 Å². The SMILES string of the molecule is COC(=O)CCCNc1ccc(Cl)cc1C(F)(F)F. The smallest absolute Gasteiger partial charge is 0.418 e. The number of anilines is 1. The summed E-state index contributed by atoms with van der Waals surface area (Å²) in [6.07, 6.45) is -3.94.